The highest BCUT2D eigenvalue weighted by molar-refractivity contribution is 6.30. The van der Waals surface area contributed by atoms with Gasteiger partial charge >= 0.3 is 0 Å². The van der Waals surface area contributed by atoms with E-state index in [1.807, 2.05) is 65.7 Å². The van der Waals surface area contributed by atoms with Gasteiger partial charge in [0.25, 0.3) is 0 Å². The number of fused-ring (bicyclic) bond motifs is 5. The third-order valence-electron chi connectivity index (χ3n) is 18.3. The smallest absolute Gasteiger partial charge is 0.198 e. The quantitative estimate of drug-likeness (QED) is 0.186. The van der Waals surface area contributed by atoms with E-state index in [2.05, 4.69) is 0 Å². The minimum atomic E-state index is -1.84. The predicted molar refractivity (Wildman–Crippen MR) is 287 cm³/mol. The zero-order valence-electron chi connectivity index (χ0n) is 48.5. The fraction of sp³-hybridized carbons (Fsp3) is 0.700. The fourth-order valence-electron chi connectivity index (χ4n) is 13.6. The highest BCUT2D eigenvalue weighted by Gasteiger charge is 2.56. The molecule has 22 nitrogen and oxygen atoms in total. The average molecular weight is 1150 g/mol. The number of nitrogens with zero attached hydrogens (tertiary/aromatic N) is 2. The third kappa shape index (κ3) is 11.2. The van der Waals surface area contributed by atoms with Gasteiger partial charge in [-0.1, -0.05) is 31.2 Å². The summed E-state index contributed by atoms with van der Waals surface area (Å²) in [5.74, 6) is -2.73. The Hall–Kier alpha value is -4.18. The number of Topliss-reactive ketones (excluding diaryl/α,β-unsaturated/α-hetero) is 1. The Labute approximate surface area is 477 Å². The maximum Gasteiger partial charge on any atom is 0.198 e. The molecule has 7 aliphatic heterocycles. The summed E-state index contributed by atoms with van der Waals surface area (Å²) in [4.78, 5) is 57.5. The van der Waals surface area contributed by atoms with E-state index >= 15 is 0 Å². The molecule has 0 spiro atoms. The van der Waals surface area contributed by atoms with Crippen LogP contribution in [0.15, 0.2) is 36.4 Å². The van der Waals surface area contributed by atoms with Gasteiger partial charge in [0, 0.05) is 72.9 Å². The second kappa shape index (κ2) is 23.6. The lowest BCUT2D eigenvalue weighted by Gasteiger charge is -2.51. The summed E-state index contributed by atoms with van der Waals surface area (Å²) in [7, 11) is 7.66. The molecule has 23 atom stereocenters. The standard InChI is InChI=1S/C60H80N2O20/c1-12-60(69)25-41(78-44-21-34(61(8)9)55(29(5)72-44)79-43-20-18-38(28(4)71-43)77-42-19-17-36(63)26(2)70-42)47-50(54(68)49-48(53(47)67)51(65)32-15-13-14-16-33(32)52(49)66)58(60)81-45-22-35(62(10)11)56(30(6)73-45)80-46-24-39-57(31(7)74-46)82-59-40(76-39)23-37(64)27(3)75-59/h13-17,19,26-31,34-35,38-46,55-59,67-69H,12,18,20-25H2,1-11H3/t26?,27?,28?,29-,30-,31?,34-,35-,38?,39?,40?,41-,42?,43?,44-,45?,46?,55+,56+,57?,58+,59?,60+/m0/s1. The molecule has 0 amide bonds. The van der Waals surface area contributed by atoms with E-state index in [-0.39, 0.29) is 95.8 Å². The molecule has 22 heteroatoms. The van der Waals surface area contributed by atoms with Gasteiger partial charge in [0.1, 0.15) is 54.2 Å². The molecule has 450 valence electrons. The first kappa shape index (κ1) is 59.5. The number of benzene rings is 2. The Morgan fingerprint density at radius 3 is 1.78 bits per heavy atom. The number of aromatic hydroxyl groups is 2. The molecular formula is C60H80N2O20. The van der Waals surface area contributed by atoms with E-state index in [1.54, 1.807) is 39.0 Å². The lowest BCUT2D eigenvalue weighted by Crippen LogP contribution is -2.62. The van der Waals surface area contributed by atoms with Crippen molar-refractivity contribution in [3.05, 3.63) is 69.8 Å². The molecule has 2 aromatic rings. The number of carbonyl (C=O) groups excluding carboxylic acids is 4. The van der Waals surface area contributed by atoms with Crippen LogP contribution in [0.4, 0.5) is 0 Å². The van der Waals surface area contributed by atoms with Crippen molar-refractivity contribution in [1.29, 1.82) is 0 Å². The minimum absolute atomic E-state index is 0.0255. The monoisotopic (exact) mass is 1150 g/mol. The molecule has 0 saturated carbocycles. The van der Waals surface area contributed by atoms with Crippen LogP contribution in [0.2, 0.25) is 0 Å². The second-order valence-electron chi connectivity index (χ2n) is 24.1. The third-order valence-corrected chi connectivity index (χ3v) is 18.3. The molecule has 13 unspecified atom stereocenters. The van der Waals surface area contributed by atoms with E-state index in [4.69, 9.17) is 61.6 Å². The van der Waals surface area contributed by atoms with Crippen LogP contribution in [-0.4, -0.2) is 205 Å². The lowest BCUT2D eigenvalue weighted by atomic mass is 9.70. The molecule has 2 aromatic carbocycles. The molecule has 6 saturated heterocycles. The lowest BCUT2D eigenvalue weighted by molar-refractivity contribution is -0.372. The summed E-state index contributed by atoms with van der Waals surface area (Å²) in [6.07, 6.45) is -8.37. The van der Waals surface area contributed by atoms with Gasteiger partial charge in [-0.3, -0.25) is 19.2 Å². The van der Waals surface area contributed by atoms with Gasteiger partial charge in [-0.05, 0) is 94.7 Å². The number of phenols is 2. The van der Waals surface area contributed by atoms with Gasteiger partial charge < -0.3 is 86.7 Å². The number of ether oxygens (including phenoxy) is 13. The number of likely N-dealkylation sites (N-methyl/N-ethyl adjacent to an activating group) is 2. The summed E-state index contributed by atoms with van der Waals surface area (Å²) in [6.45, 7) is 12.7. The summed E-state index contributed by atoms with van der Waals surface area (Å²) in [5, 5.41) is 38.5. The molecule has 3 N–H and O–H groups in total. The Morgan fingerprint density at radius 1 is 0.610 bits per heavy atom. The van der Waals surface area contributed by atoms with Crippen molar-refractivity contribution >= 4 is 23.1 Å². The number of aliphatic hydroxyl groups is 1. The van der Waals surface area contributed by atoms with E-state index in [0.717, 1.165) is 0 Å². The van der Waals surface area contributed by atoms with E-state index in [9.17, 15) is 34.5 Å². The predicted octanol–water partition coefficient (Wildman–Crippen LogP) is 5.21. The number of ketones is 4. The highest BCUT2D eigenvalue weighted by Crippen LogP contribution is 2.58. The van der Waals surface area contributed by atoms with Crippen LogP contribution >= 0.6 is 0 Å². The van der Waals surface area contributed by atoms with Crippen molar-refractivity contribution in [3.63, 3.8) is 0 Å². The van der Waals surface area contributed by atoms with Gasteiger partial charge in [0.15, 0.2) is 60.9 Å². The van der Waals surface area contributed by atoms with Crippen LogP contribution in [0.3, 0.4) is 0 Å². The van der Waals surface area contributed by atoms with Gasteiger partial charge in [0.2, 0.25) is 0 Å². The molecule has 6 fully saturated rings. The zero-order chi connectivity index (χ0) is 58.4. The Bertz CT molecular complexity index is 2770. The van der Waals surface area contributed by atoms with E-state index in [1.165, 1.54) is 18.2 Å². The first-order chi connectivity index (χ1) is 39.0. The van der Waals surface area contributed by atoms with E-state index in [0.29, 0.717) is 19.3 Å². The van der Waals surface area contributed by atoms with Gasteiger partial charge in [-0.15, -0.1) is 0 Å². The van der Waals surface area contributed by atoms with Crippen molar-refractivity contribution in [1.82, 2.24) is 9.80 Å². The number of phenolic OH excluding ortho intramolecular Hbond substituents is 2. The summed E-state index contributed by atoms with van der Waals surface area (Å²) in [6, 6.07) is 5.57. The molecule has 82 heavy (non-hydrogen) atoms. The second-order valence-corrected chi connectivity index (χ2v) is 24.1. The molecule has 2 aliphatic carbocycles. The summed E-state index contributed by atoms with van der Waals surface area (Å²) in [5.41, 5.74) is -2.65. The van der Waals surface area contributed by atoms with Crippen molar-refractivity contribution in [2.45, 2.75) is 241 Å². The van der Waals surface area contributed by atoms with Gasteiger partial charge in [-0.25, -0.2) is 0 Å². The summed E-state index contributed by atoms with van der Waals surface area (Å²) < 4.78 is 83.9. The topological polar surface area (TPSA) is 255 Å². The first-order valence-corrected chi connectivity index (χ1v) is 29.1. The molecule has 0 aromatic heterocycles. The van der Waals surface area contributed by atoms with Crippen molar-refractivity contribution in [2.75, 3.05) is 28.2 Å². The molecule has 11 rings (SSSR count). The van der Waals surface area contributed by atoms with Gasteiger partial charge in [-0.2, -0.15) is 0 Å². The average Bonchev–Trinajstić information content (AvgIpc) is 1.65. The van der Waals surface area contributed by atoms with Crippen LogP contribution in [0.25, 0.3) is 0 Å². The maximum atomic E-state index is 14.5. The largest absolute Gasteiger partial charge is 0.507 e. The normalized spacial score (nSPS) is 42.1. The SMILES string of the molecule is CC[C@@]1(O)C[C@H](O[C@H]2C[C@H](N(C)C)[C@H](OC3CCC(OC4C=CC(=O)C(C)O4)C(C)O3)[C@H](C)O2)c2c(O)c3c(c(O)c2[C@H]1OC1C[C@H](N(C)C)[C@H](OC2CC4OC5CC(=O)C(C)OC5OC4C(C)O2)[C@H](C)O1)C(=O)c1ccccc1C3=O. The number of hydrogen-bond acceptors (Lipinski definition) is 22. The van der Waals surface area contributed by atoms with Gasteiger partial charge in [0.05, 0.1) is 59.5 Å². The Morgan fingerprint density at radius 2 is 1.18 bits per heavy atom. The van der Waals surface area contributed by atoms with Crippen LogP contribution in [-0.2, 0) is 71.2 Å². The fourth-order valence-corrected chi connectivity index (χ4v) is 13.6. The molecule has 9 aliphatic rings. The van der Waals surface area contributed by atoms with Crippen molar-refractivity contribution in [3.8, 4) is 11.5 Å². The first-order valence-electron chi connectivity index (χ1n) is 29.1. The number of carbonyl (C=O) groups is 4. The van der Waals surface area contributed by atoms with Crippen LogP contribution < -0.4 is 0 Å². The Kier molecular flexibility index (Phi) is 17.1. The Balaban J connectivity index is 0.837. The molecule has 0 bridgehead atoms. The van der Waals surface area contributed by atoms with E-state index < -0.39 is 145 Å². The number of hydrogen-bond donors (Lipinski definition) is 3. The van der Waals surface area contributed by atoms with Crippen molar-refractivity contribution in [2.24, 2.45) is 0 Å². The molecular weight excluding hydrogens is 1070 g/mol. The number of rotatable bonds is 13. The van der Waals surface area contributed by atoms with Crippen LogP contribution in [0.5, 0.6) is 11.5 Å². The minimum Gasteiger partial charge on any atom is -0.507 e. The zero-order valence-corrected chi connectivity index (χ0v) is 48.5. The highest BCUT2D eigenvalue weighted by atomic mass is 16.8. The summed E-state index contributed by atoms with van der Waals surface area (Å²) >= 11 is 0. The molecule has 0 radical (unpaired) electrons. The van der Waals surface area contributed by atoms with Crippen LogP contribution in [0.1, 0.15) is 155 Å². The molecule has 7 heterocycles. The van der Waals surface area contributed by atoms with Crippen LogP contribution in [0, 0.1) is 0 Å². The van der Waals surface area contributed by atoms with Crippen molar-refractivity contribution < 1.29 is 96.1 Å². The maximum absolute atomic E-state index is 14.5.